The number of hydrogen-bond donors (Lipinski definition) is 1. The standard InChI is InChI=1S/C17H19NO/c1-3-16(14-10-5-4-6-11-14)18-17(19)15-12-8-7-9-13(15)2/h4-12,16H,3H2,1-2H3,(H,18,19). The Hall–Kier alpha value is -2.09. The third kappa shape index (κ3) is 3.22. The lowest BCUT2D eigenvalue weighted by atomic mass is 10.0. The zero-order valence-electron chi connectivity index (χ0n) is 11.4. The quantitative estimate of drug-likeness (QED) is 0.880. The molecule has 1 unspecified atom stereocenters. The summed E-state index contributed by atoms with van der Waals surface area (Å²) in [6, 6.07) is 17.8. The molecule has 0 saturated heterocycles. The molecule has 1 amide bonds. The van der Waals surface area contributed by atoms with Gasteiger partial charge in [0.05, 0.1) is 6.04 Å². The van der Waals surface area contributed by atoms with Crippen LogP contribution >= 0.6 is 0 Å². The maximum absolute atomic E-state index is 12.3. The number of rotatable bonds is 4. The van der Waals surface area contributed by atoms with Gasteiger partial charge < -0.3 is 5.32 Å². The van der Waals surface area contributed by atoms with Gasteiger partial charge in [-0.05, 0) is 30.5 Å². The van der Waals surface area contributed by atoms with Gasteiger partial charge in [-0.3, -0.25) is 4.79 Å². The highest BCUT2D eigenvalue weighted by molar-refractivity contribution is 5.95. The van der Waals surface area contributed by atoms with Crippen molar-refractivity contribution in [3.8, 4) is 0 Å². The first-order chi connectivity index (χ1) is 9.22. The highest BCUT2D eigenvalue weighted by Crippen LogP contribution is 2.17. The van der Waals surface area contributed by atoms with Crippen LogP contribution in [0.25, 0.3) is 0 Å². The van der Waals surface area contributed by atoms with Gasteiger partial charge in [0, 0.05) is 5.56 Å². The lowest BCUT2D eigenvalue weighted by Gasteiger charge is -2.18. The average Bonchev–Trinajstić information content (AvgIpc) is 2.46. The minimum absolute atomic E-state index is 0.00574. The maximum atomic E-state index is 12.3. The lowest BCUT2D eigenvalue weighted by Crippen LogP contribution is -2.28. The van der Waals surface area contributed by atoms with E-state index in [9.17, 15) is 4.79 Å². The molecule has 0 bridgehead atoms. The Kier molecular flexibility index (Phi) is 4.35. The summed E-state index contributed by atoms with van der Waals surface area (Å²) in [6.07, 6.45) is 0.877. The zero-order chi connectivity index (χ0) is 13.7. The van der Waals surface area contributed by atoms with Crippen LogP contribution in [0.15, 0.2) is 54.6 Å². The molecular formula is C17H19NO. The van der Waals surface area contributed by atoms with Crippen molar-refractivity contribution in [2.45, 2.75) is 26.3 Å². The summed E-state index contributed by atoms with van der Waals surface area (Å²) in [5, 5.41) is 3.10. The average molecular weight is 253 g/mol. The molecule has 0 aliphatic heterocycles. The van der Waals surface area contributed by atoms with Gasteiger partial charge in [0.25, 0.3) is 5.91 Å². The van der Waals surface area contributed by atoms with Gasteiger partial charge in [0.15, 0.2) is 0 Å². The van der Waals surface area contributed by atoms with Crippen LogP contribution in [0.1, 0.15) is 40.9 Å². The van der Waals surface area contributed by atoms with E-state index >= 15 is 0 Å². The van der Waals surface area contributed by atoms with Crippen molar-refractivity contribution < 1.29 is 4.79 Å². The summed E-state index contributed by atoms with van der Waals surface area (Å²) in [5.74, 6) is -0.00574. The highest BCUT2D eigenvalue weighted by atomic mass is 16.1. The van der Waals surface area contributed by atoms with Gasteiger partial charge in [0.2, 0.25) is 0 Å². The Labute approximate surface area is 114 Å². The largest absolute Gasteiger partial charge is 0.345 e. The fourth-order valence-electron chi connectivity index (χ4n) is 2.17. The molecule has 0 fully saturated rings. The first kappa shape index (κ1) is 13.3. The molecule has 2 rings (SSSR count). The number of hydrogen-bond acceptors (Lipinski definition) is 1. The first-order valence-electron chi connectivity index (χ1n) is 6.63. The van der Waals surface area contributed by atoms with Crippen LogP contribution in [-0.2, 0) is 0 Å². The Balaban J connectivity index is 2.16. The topological polar surface area (TPSA) is 29.1 Å². The Morgan fingerprint density at radius 1 is 1.05 bits per heavy atom. The van der Waals surface area contributed by atoms with E-state index in [1.165, 1.54) is 0 Å². The Morgan fingerprint density at radius 3 is 2.32 bits per heavy atom. The summed E-state index contributed by atoms with van der Waals surface area (Å²) in [6.45, 7) is 4.04. The van der Waals surface area contributed by atoms with E-state index in [0.29, 0.717) is 0 Å². The van der Waals surface area contributed by atoms with Gasteiger partial charge in [-0.2, -0.15) is 0 Å². The van der Waals surface area contributed by atoms with Crippen molar-refractivity contribution in [3.63, 3.8) is 0 Å². The predicted molar refractivity (Wildman–Crippen MR) is 78.1 cm³/mol. The molecule has 0 saturated carbocycles. The van der Waals surface area contributed by atoms with E-state index in [2.05, 4.69) is 12.2 Å². The van der Waals surface area contributed by atoms with Crippen molar-refractivity contribution in [2.75, 3.05) is 0 Å². The molecule has 2 heteroatoms. The van der Waals surface area contributed by atoms with E-state index in [0.717, 1.165) is 23.1 Å². The molecule has 0 spiro atoms. The monoisotopic (exact) mass is 253 g/mol. The van der Waals surface area contributed by atoms with E-state index in [-0.39, 0.29) is 11.9 Å². The van der Waals surface area contributed by atoms with Crippen LogP contribution in [0.5, 0.6) is 0 Å². The SMILES string of the molecule is CCC(NC(=O)c1ccccc1C)c1ccccc1. The summed E-state index contributed by atoms with van der Waals surface area (Å²) >= 11 is 0. The lowest BCUT2D eigenvalue weighted by molar-refractivity contribution is 0.0935. The van der Waals surface area contributed by atoms with E-state index in [1.807, 2.05) is 61.5 Å². The fourth-order valence-corrected chi connectivity index (χ4v) is 2.17. The number of benzene rings is 2. The minimum atomic E-state index is -0.00574. The third-order valence-electron chi connectivity index (χ3n) is 3.31. The molecule has 98 valence electrons. The summed E-state index contributed by atoms with van der Waals surface area (Å²) in [4.78, 5) is 12.3. The molecule has 19 heavy (non-hydrogen) atoms. The van der Waals surface area contributed by atoms with Crippen molar-refractivity contribution in [1.82, 2.24) is 5.32 Å². The van der Waals surface area contributed by atoms with Gasteiger partial charge in [-0.25, -0.2) is 0 Å². The molecule has 2 aromatic carbocycles. The van der Waals surface area contributed by atoms with Crippen LogP contribution in [0.4, 0.5) is 0 Å². The third-order valence-corrected chi connectivity index (χ3v) is 3.31. The zero-order valence-corrected chi connectivity index (χ0v) is 11.4. The second kappa shape index (κ2) is 6.19. The fraction of sp³-hybridized carbons (Fsp3) is 0.235. The molecule has 1 N–H and O–H groups in total. The molecule has 0 heterocycles. The molecule has 0 aromatic heterocycles. The number of amides is 1. The highest BCUT2D eigenvalue weighted by Gasteiger charge is 2.14. The first-order valence-corrected chi connectivity index (χ1v) is 6.63. The predicted octanol–water partition coefficient (Wildman–Crippen LogP) is 3.88. The van der Waals surface area contributed by atoms with E-state index in [4.69, 9.17) is 0 Å². The van der Waals surface area contributed by atoms with Gasteiger partial charge in [-0.1, -0.05) is 55.5 Å². The minimum Gasteiger partial charge on any atom is -0.345 e. The molecule has 0 aliphatic carbocycles. The van der Waals surface area contributed by atoms with E-state index in [1.54, 1.807) is 0 Å². The van der Waals surface area contributed by atoms with Crippen LogP contribution < -0.4 is 5.32 Å². The Bertz CT molecular complexity index is 548. The van der Waals surface area contributed by atoms with Crippen LogP contribution in [0, 0.1) is 6.92 Å². The van der Waals surface area contributed by atoms with Crippen LogP contribution in [-0.4, -0.2) is 5.91 Å². The molecule has 2 nitrogen and oxygen atoms in total. The smallest absolute Gasteiger partial charge is 0.252 e. The number of aryl methyl sites for hydroxylation is 1. The normalized spacial score (nSPS) is 11.9. The van der Waals surface area contributed by atoms with Crippen molar-refractivity contribution >= 4 is 5.91 Å². The number of carbonyl (C=O) groups excluding carboxylic acids is 1. The van der Waals surface area contributed by atoms with Gasteiger partial charge >= 0.3 is 0 Å². The second-order valence-corrected chi connectivity index (χ2v) is 4.66. The van der Waals surface area contributed by atoms with Crippen molar-refractivity contribution in [1.29, 1.82) is 0 Å². The summed E-state index contributed by atoms with van der Waals surface area (Å²) in [5.41, 5.74) is 2.90. The van der Waals surface area contributed by atoms with Gasteiger partial charge in [-0.15, -0.1) is 0 Å². The number of nitrogens with one attached hydrogen (secondary N) is 1. The number of carbonyl (C=O) groups is 1. The molecule has 1 atom stereocenters. The van der Waals surface area contributed by atoms with E-state index < -0.39 is 0 Å². The van der Waals surface area contributed by atoms with Crippen LogP contribution in [0.2, 0.25) is 0 Å². The molecule has 2 aromatic rings. The summed E-state index contributed by atoms with van der Waals surface area (Å²) < 4.78 is 0. The second-order valence-electron chi connectivity index (χ2n) is 4.66. The molecular weight excluding hydrogens is 234 g/mol. The van der Waals surface area contributed by atoms with Gasteiger partial charge in [0.1, 0.15) is 0 Å². The van der Waals surface area contributed by atoms with Crippen molar-refractivity contribution in [3.05, 3.63) is 71.3 Å². The Morgan fingerprint density at radius 2 is 1.68 bits per heavy atom. The molecule has 0 aliphatic rings. The van der Waals surface area contributed by atoms with Crippen LogP contribution in [0.3, 0.4) is 0 Å². The molecule has 0 radical (unpaired) electrons. The van der Waals surface area contributed by atoms with Crippen molar-refractivity contribution in [2.24, 2.45) is 0 Å². The maximum Gasteiger partial charge on any atom is 0.252 e. The summed E-state index contributed by atoms with van der Waals surface area (Å²) in [7, 11) is 0.